The molecular weight excluding hydrogens is 142 g/mol. The fourth-order valence-corrected chi connectivity index (χ4v) is 1.75. The summed E-state index contributed by atoms with van der Waals surface area (Å²) in [5.41, 5.74) is 8.16. The third kappa shape index (κ3) is 1.37. The molecule has 1 aliphatic carbocycles. The van der Waals surface area contributed by atoms with Gasteiger partial charge in [-0.3, -0.25) is 0 Å². The summed E-state index contributed by atoms with van der Waals surface area (Å²) >= 11 is 1.74. The molecule has 0 aromatic heterocycles. The van der Waals surface area contributed by atoms with Crippen LogP contribution in [0.25, 0.3) is 0 Å². The van der Waals surface area contributed by atoms with Gasteiger partial charge in [0.2, 0.25) is 0 Å². The van der Waals surface area contributed by atoms with E-state index in [0.717, 1.165) is 18.5 Å². The summed E-state index contributed by atoms with van der Waals surface area (Å²) in [6.45, 7) is 2.11. The zero-order valence-electron chi connectivity index (χ0n) is 6.48. The van der Waals surface area contributed by atoms with E-state index in [-0.39, 0.29) is 0 Å². The standard InChI is InChI=1S/C8H13NS/c1-6-4-3-5-7(10-2)8(6)9/h5H,3-4,9H2,1-2H3. The predicted molar refractivity (Wildman–Crippen MR) is 47.7 cm³/mol. The van der Waals surface area contributed by atoms with Gasteiger partial charge in [-0.05, 0) is 31.6 Å². The molecule has 1 nitrogen and oxygen atoms in total. The van der Waals surface area contributed by atoms with Crippen molar-refractivity contribution in [3.63, 3.8) is 0 Å². The zero-order valence-corrected chi connectivity index (χ0v) is 7.29. The lowest BCUT2D eigenvalue weighted by molar-refractivity contribution is 0.929. The van der Waals surface area contributed by atoms with Crippen molar-refractivity contribution in [2.45, 2.75) is 19.8 Å². The van der Waals surface area contributed by atoms with Crippen LogP contribution in [0, 0.1) is 0 Å². The Balaban J connectivity index is 2.83. The van der Waals surface area contributed by atoms with E-state index in [0.29, 0.717) is 0 Å². The van der Waals surface area contributed by atoms with Crippen molar-refractivity contribution in [2.24, 2.45) is 5.73 Å². The molecule has 0 aliphatic heterocycles. The van der Waals surface area contributed by atoms with Gasteiger partial charge < -0.3 is 5.73 Å². The van der Waals surface area contributed by atoms with E-state index in [2.05, 4.69) is 19.3 Å². The van der Waals surface area contributed by atoms with E-state index in [1.54, 1.807) is 11.8 Å². The molecule has 0 saturated heterocycles. The maximum atomic E-state index is 5.82. The number of hydrogen-bond donors (Lipinski definition) is 1. The molecule has 0 aromatic carbocycles. The van der Waals surface area contributed by atoms with Crippen LogP contribution in [0.4, 0.5) is 0 Å². The van der Waals surface area contributed by atoms with Gasteiger partial charge in [0.25, 0.3) is 0 Å². The van der Waals surface area contributed by atoms with E-state index >= 15 is 0 Å². The molecule has 2 heteroatoms. The first-order valence-corrected chi connectivity index (χ1v) is 4.68. The van der Waals surface area contributed by atoms with E-state index in [1.165, 1.54) is 10.5 Å². The molecule has 1 rings (SSSR count). The Hall–Kier alpha value is -0.370. The van der Waals surface area contributed by atoms with Crippen LogP contribution in [0.15, 0.2) is 22.3 Å². The summed E-state index contributed by atoms with van der Waals surface area (Å²) < 4.78 is 0. The SMILES string of the molecule is CSC1=CCCC(C)=C1N. The summed E-state index contributed by atoms with van der Waals surface area (Å²) in [7, 11) is 0. The second-order valence-corrected chi connectivity index (χ2v) is 3.35. The molecule has 0 bridgehead atoms. The Labute approximate surface area is 66.4 Å². The van der Waals surface area contributed by atoms with Crippen LogP contribution >= 0.6 is 11.8 Å². The van der Waals surface area contributed by atoms with Crippen molar-refractivity contribution < 1.29 is 0 Å². The number of allylic oxidation sites excluding steroid dienone is 2. The lowest BCUT2D eigenvalue weighted by Gasteiger charge is -2.13. The molecule has 0 unspecified atom stereocenters. The fourth-order valence-electron chi connectivity index (χ4n) is 1.07. The highest BCUT2D eigenvalue weighted by molar-refractivity contribution is 8.02. The lowest BCUT2D eigenvalue weighted by atomic mass is 10.0. The molecule has 0 fully saturated rings. The van der Waals surface area contributed by atoms with Gasteiger partial charge >= 0.3 is 0 Å². The molecule has 0 saturated carbocycles. The van der Waals surface area contributed by atoms with Gasteiger partial charge in [-0.25, -0.2) is 0 Å². The summed E-state index contributed by atoms with van der Waals surface area (Å²) in [5.74, 6) is 0. The molecule has 56 valence electrons. The van der Waals surface area contributed by atoms with Crippen LogP contribution in [0.5, 0.6) is 0 Å². The average Bonchev–Trinajstić information content (AvgIpc) is 1.95. The highest BCUT2D eigenvalue weighted by atomic mass is 32.2. The maximum Gasteiger partial charge on any atom is 0.0438 e. The summed E-state index contributed by atoms with van der Waals surface area (Å²) in [6, 6.07) is 0. The van der Waals surface area contributed by atoms with Gasteiger partial charge in [-0.2, -0.15) is 0 Å². The van der Waals surface area contributed by atoms with Crippen molar-refractivity contribution in [3.8, 4) is 0 Å². The highest BCUT2D eigenvalue weighted by Crippen LogP contribution is 2.27. The molecule has 0 amide bonds. The van der Waals surface area contributed by atoms with Crippen LogP contribution < -0.4 is 5.73 Å². The van der Waals surface area contributed by atoms with Crippen LogP contribution in [-0.4, -0.2) is 6.26 Å². The number of nitrogens with two attached hydrogens (primary N) is 1. The van der Waals surface area contributed by atoms with Crippen molar-refractivity contribution >= 4 is 11.8 Å². The van der Waals surface area contributed by atoms with Gasteiger partial charge in [0.15, 0.2) is 0 Å². The fraction of sp³-hybridized carbons (Fsp3) is 0.500. The molecule has 0 aromatic rings. The van der Waals surface area contributed by atoms with Crippen LogP contribution in [-0.2, 0) is 0 Å². The Morgan fingerprint density at radius 2 is 2.30 bits per heavy atom. The summed E-state index contributed by atoms with van der Waals surface area (Å²) in [4.78, 5) is 1.25. The smallest absolute Gasteiger partial charge is 0.0438 e. The van der Waals surface area contributed by atoms with Crippen molar-refractivity contribution in [1.82, 2.24) is 0 Å². The number of thioether (sulfide) groups is 1. The largest absolute Gasteiger partial charge is 0.398 e. The van der Waals surface area contributed by atoms with E-state index in [9.17, 15) is 0 Å². The molecule has 0 radical (unpaired) electrons. The lowest BCUT2D eigenvalue weighted by Crippen LogP contribution is -2.05. The van der Waals surface area contributed by atoms with E-state index < -0.39 is 0 Å². The van der Waals surface area contributed by atoms with Gasteiger partial charge in [0.05, 0.1) is 0 Å². The van der Waals surface area contributed by atoms with Gasteiger partial charge in [0, 0.05) is 10.6 Å². The first-order valence-electron chi connectivity index (χ1n) is 3.45. The third-order valence-corrected chi connectivity index (χ3v) is 2.62. The van der Waals surface area contributed by atoms with Crippen LogP contribution in [0.2, 0.25) is 0 Å². The molecule has 0 atom stereocenters. The highest BCUT2D eigenvalue weighted by Gasteiger charge is 2.07. The molecule has 2 N–H and O–H groups in total. The minimum absolute atomic E-state index is 0.999. The zero-order chi connectivity index (χ0) is 7.56. The Morgan fingerprint density at radius 1 is 1.60 bits per heavy atom. The number of hydrogen-bond acceptors (Lipinski definition) is 2. The number of rotatable bonds is 1. The first kappa shape index (κ1) is 7.73. The monoisotopic (exact) mass is 155 g/mol. The molecule has 0 spiro atoms. The van der Waals surface area contributed by atoms with Crippen LogP contribution in [0.1, 0.15) is 19.8 Å². The van der Waals surface area contributed by atoms with Gasteiger partial charge in [0.1, 0.15) is 0 Å². The average molecular weight is 155 g/mol. The minimum Gasteiger partial charge on any atom is -0.398 e. The van der Waals surface area contributed by atoms with Crippen molar-refractivity contribution in [2.75, 3.05) is 6.26 Å². The minimum atomic E-state index is 0.999. The second kappa shape index (κ2) is 3.15. The molecular formula is C8H13NS. The predicted octanol–water partition coefficient (Wildman–Crippen LogP) is 2.26. The molecule has 0 heterocycles. The molecule has 10 heavy (non-hydrogen) atoms. The first-order chi connectivity index (χ1) is 4.75. The van der Waals surface area contributed by atoms with Crippen molar-refractivity contribution in [1.29, 1.82) is 0 Å². The Kier molecular flexibility index (Phi) is 2.44. The molecule has 1 aliphatic rings. The van der Waals surface area contributed by atoms with Crippen molar-refractivity contribution in [3.05, 3.63) is 22.3 Å². The Morgan fingerprint density at radius 3 is 2.80 bits per heavy atom. The van der Waals surface area contributed by atoms with E-state index in [1.807, 2.05) is 0 Å². The third-order valence-electron chi connectivity index (χ3n) is 1.79. The van der Waals surface area contributed by atoms with Gasteiger partial charge in [-0.1, -0.05) is 6.08 Å². The van der Waals surface area contributed by atoms with E-state index in [4.69, 9.17) is 5.73 Å². The quantitative estimate of drug-likeness (QED) is 0.628. The normalized spacial score (nSPS) is 19.2. The Bertz CT molecular complexity index is 191. The van der Waals surface area contributed by atoms with Crippen LogP contribution in [0.3, 0.4) is 0 Å². The second-order valence-electron chi connectivity index (χ2n) is 2.51. The van der Waals surface area contributed by atoms with Gasteiger partial charge in [-0.15, -0.1) is 11.8 Å². The summed E-state index contributed by atoms with van der Waals surface area (Å²) in [6.07, 6.45) is 6.57. The topological polar surface area (TPSA) is 26.0 Å². The summed E-state index contributed by atoms with van der Waals surface area (Å²) in [5, 5.41) is 0. The maximum absolute atomic E-state index is 5.82.